The van der Waals surface area contributed by atoms with Crippen molar-refractivity contribution in [1.82, 2.24) is 10.6 Å². The predicted octanol–water partition coefficient (Wildman–Crippen LogP) is 3.49. The summed E-state index contributed by atoms with van der Waals surface area (Å²) < 4.78 is 0.795. The van der Waals surface area contributed by atoms with Crippen LogP contribution in [0.3, 0.4) is 0 Å². The molecule has 0 bridgehead atoms. The summed E-state index contributed by atoms with van der Waals surface area (Å²) in [5, 5.41) is 8.66. The summed E-state index contributed by atoms with van der Waals surface area (Å²) in [6, 6.07) is 17.4. The molecule has 0 fully saturated rings. The minimum atomic E-state index is -0.270. The Hall–Kier alpha value is -2.18. The van der Waals surface area contributed by atoms with Gasteiger partial charge in [-0.3, -0.25) is 9.59 Å². The lowest BCUT2D eigenvalue weighted by Crippen LogP contribution is -2.40. The highest BCUT2D eigenvalue weighted by Gasteiger charge is 2.16. The van der Waals surface area contributed by atoms with Gasteiger partial charge in [-0.2, -0.15) is 0 Å². The molecule has 0 radical (unpaired) electrons. The van der Waals surface area contributed by atoms with Gasteiger partial charge in [0.25, 0.3) is 0 Å². The number of carbonyl (C=O) groups excluding carboxylic acids is 2. The quantitative estimate of drug-likeness (QED) is 0.615. The van der Waals surface area contributed by atoms with Gasteiger partial charge in [0, 0.05) is 10.5 Å². The highest BCUT2D eigenvalue weighted by atomic mass is 79.9. The maximum atomic E-state index is 12.1. The van der Waals surface area contributed by atoms with Gasteiger partial charge in [-0.1, -0.05) is 56.3 Å². The highest BCUT2D eigenvalue weighted by Crippen LogP contribution is 2.21. The van der Waals surface area contributed by atoms with Crippen LogP contribution in [0, 0.1) is 5.92 Å². The first-order valence-electron chi connectivity index (χ1n) is 8.56. The lowest BCUT2D eigenvalue weighted by molar-refractivity contribution is -0.123. The van der Waals surface area contributed by atoms with Gasteiger partial charge < -0.3 is 16.0 Å². The predicted molar refractivity (Wildman–Crippen MR) is 108 cm³/mol. The summed E-state index contributed by atoms with van der Waals surface area (Å²) in [7, 11) is 0. The molecule has 2 aromatic carbocycles. The number of anilines is 1. The first-order chi connectivity index (χ1) is 12.5. The molecule has 6 heteroatoms. The maximum absolute atomic E-state index is 12.1. The van der Waals surface area contributed by atoms with Crippen LogP contribution in [0.25, 0.3) is 0 Å². The van der Waals surface area contributed by atoms with Crippen molar-refractivity contribution in [2.24, 2.45) is 5.92 Å². The highest BCUT2D eigenvalue weighted by molar-refractivity contribution is 9.10. The van der Waals surface area contributed by atoms with Gasteiger partial charge in [-0.15, -0.1) is 0 Å². The smallest absolute Gasteiger partial charge is 0.243 e. The fourth-order valence-corrected chi connectivity index (χ4v) is 2.98. The molecule has 0 unspecified atom stereocenters. The van der Waals surface area contributed by atoms with E-state index in [2.05, 4.69) is 45.7 Å². The van der Waals surface area contributed by atoms with Crippen LogP contribution in [-0.2, 0) is 9.59 Å². The Morgan fingerprint density at radius 2 is 1.58 bits per heavy atom. The lowest BCUT2D eigenvalue weighted by atomic mass is 9.96. The molecule has 0 heterocycles. The van der Waals surface area contributed by atoms with E-state index in [1.54, 1.807) is 6.07 Å². The van der Waals surface area contributed by atoms with Crippen molar-refractivity contribution in [1.29, 1.82) is 0 Å². The molecular weight excluding hydrogens is 394 g/mol. The summed E-state index contributed by atoms with van der Waals surface area (Å²) in [5.41, 5.74) is 1.82. The van der Waals surface area contributed by atoms with E-state index in [9.17, 15) is 9.59 Å². The average molecular weight is 418 g/mol. The van der Waals surface area contributed by atoms with E-state index >= 15 is 0 Å². The van der Waals surface area contributed by atoms with Crippen molar-refractivity contribution < 1.29 is 9.59 Å². The minimum absolute atomic E-state index is 0.0699. The van der Waals surface area contributed by atoms with E-state index < -0.39 is 0 Å². The standard InChI is InChI=1S/C20H24BrN3O2/c1-14(2)20(15-8-4-3-5-9-15)23-12-18(25)22-13-19(26)24-17-11-7-6-10-16(17)21/h3-11,14,20,23H,12-13H2,1-2H3,(H,22,25)(H,24,26)/t20-/m0/s1. The first-order valence-corrected chi connectivity index (χ1v) is 9.36. The number of benzene rings is 2. The van der Waals surface area contributed by atoms with Crippen molar-refractivity contribution >= 4 is 33.4 Å². The summed E-state index contributed by atoms with van der Waals surface area (Å²) in [4.78, 5) is 24.0. The third-order valence-electron chi connectivity index (χ3n) is 3.90. The van der Waals surface area contributed by atoms with E-state index in [1.807, 2.05) is 48.5 Å². The summed E-state index contributed by atoms with van der Waals surface area (Å²) >= 11 is 3.37. The molecule has 0 aliphatic heterocycles. The summed E-state index contributed by atoms with van der Waals surface area (Å²) in [5.74, 6) is -0.147. The van der Waals surface area contributed by atoms with Crippen LogP contribution in [0.15, 0.2) is 59.1 Å². The van der Waals surface area contributed by atoms with Crippen LogP contribution in [0.1, 0.15) is 25.5 Å². The van der Waals surface area contributed by atoms with Crippen molar-refractivity contribution in [3.8, 4) is 0 Å². The Balaban J connectivity index is 1.79. The molecule has 1 atom stereocenters. The van der Waals surface area contributed by atoms with E-state index in [4.69, 9.17) is 0 Å². The normalized spacial score (nSPS) is 11.8. The first kappa shape index (κ1) is 20.1. The Morgan fingerprint density at radius 1 is 0.923 bits per heavy atom. The Kier molecular flexibility index (Phi) is 7.81. The van der Waals surface area contributed by atoms with Gasteiger partial charge >= 0.3 is 0 Å². The number of rotatable bonds is 8. The number of halogens is 1. The van der Waals surface area contributed by atoms with Gasteiger partial charge in [-0.05, 0) is 39.5 Å². The zero-order valence-corrected chi connectivity index (χ0v) is 16.5. The Bertz CT molecular complexity index is 735. The number of hydrogen-bond donors (Lipinski definition) is 3. The van der Waals surface area contributed by atoms with Gasteiger partial charge in [0.05, 0.1) is 18.8 Å². The maximum Gasteiger partial charge on any atom is 0.243 e. The Morgan fingerprint density at radius 3 is 2.23 bits per heavy atom. The van der Waals surface area contributed by atoms with Crippen molar-refractivity contribution in [2.75, 3.05) is 18.4 Å². The molecule has 138 valence electrons. The van der Waals surface area contributed by atoms with Gasteiger partial charge in [0.1, 0.15) is 0 Å². The van der Waals surface area contributed by atoms with Crippen molar-refractivity contribution in [3.05, 3.63) is 64.6 Å². The van der Waals surface area contributed by atoms with E-state index in [0.29, 0.717) is 11.6 Å². The van der Waals surface area contributed by atoms with E-state index in [-0.39, 0.29) is 30.9 Å². The second-order valence-electron chi connectivity index (χ2n) is 6.32. The van der Waals surface area contributed by atoms with Crippen LogP contribution in [0.4, 0.5) is 5.69 Å². The van der Waals surface area contributed by atoms with Crippen LogP contribution in [0.5, 0.6) is 0 Å². The van der Waals surface area contributed by atoms with Crippen LogP contribution in [-0.4, -0.2) is 24.9 Å². The fraction of sp³-hybridized carbons (Fsp3) is 0.300. The zero-order valence-electron chi connectivity index (χ0n) is 15.0. The minimum Gasteiger partial charge on any atom is -0.346 e. The second kappa shape index (κ2) is 10.1. The molecule has 0 saturated heterocycles. The second-order valence-corrected chi connectivity index (χ2v) is 7.17. The fourth-order valence-electron chi connectivity index (χ4n) is 2.60. The topological polar surface area (TPSA) is 70.2 Å². The molecule has 0 aromatic heterocycles. The molecule has 0 aliphatic rings. The van der Waals surface area contributed by atoms with E-state index in [0.717, 1.165) is 10.0 Å². The van der Waals surface area contributed by atoms with Gasteiger partial charge in [0.15, 0.2) is 0 Å². The van der Waals surface area contributed by atoms with Gasteiger partial charge in [-0.25, -0.2) is 0 Å². The molecule has 2 aromatic rings. The average Bonchev–Trinajstić information content (AvgIpc) is 2.63. The molecular formula is C20H24BrN3O2. The van der Waals surface area contributed by atoms with Crippen molar-refractivity contribution in [2.45, 2.75) is 19.9 Å². The molecule has 2 rings (SSSR count). The number of carbonyl (C=O) groups is 2. The lowest BCUT2D eigenvalue weighted by Gasteiger charge is -2.22. The number of amides is 2. The molecule has 5 nitrogen and oxygen atoms in total. The van der Waals surface area contributed by atoms with Crippen LogP contribution < -0.4 is 16.0 Å². The van der Waals surface area contributed by atoms with Gasteiger partial charge in [0.2, 0.25) is 11.8 Å². The molecule has 2 amide bonds. The summed E-state index contributed by atoms with van der Waals surface area (Å²) in [6.45, 7) is 4.29. The summed E-state index contributed by atoms with van der Waals surface area (Å²) in [6.07, 6.45) is 0. The number of hydrogen-bond acceptors (Lipinski definition) is 3. The van der Waals surface area contributed by atoms with Crippen LogP contribution in [0.2, 0.25) is 0 Å². The van der Waals surface area contributed by atoms with Crippen LogP contribution >= 0.6 is 15.9 Å². The zero-order chi connectivity index (χ0) is 18.9. The monoisotopic (exact) mass is 417 g/mol. The molecule has 0 saturated carbocycles. The van der Waals surface area contributed by atoms with Crippen molar-refractivity contribution in [3.63, 3.8) is 0 Å². The molecule has 26 heavy (non-hydrogen) atoms. The number of nitrogens with one attached hydrogen (secondary N) is 3. The number of para-hydroxylation sites is 1. The third kappa shape index (κ3) is 6.28. The SMILES string of the molecule is CC(C)[C@H](NCC(=O)NCC(=O)Nc1ccccc1Br)c1ccccc1. The largest absolute Gasteiger partial charge is 0.346 e. The Labute approximate surface area is 162 Å². The third-order valence-corrected chi connectivity index (χ3v) is 4.59. The molecule has 0 spiro atoms. The van der Waals surface area contributed by atoms with E-state index in [1.165, 1.54) is 0 Å². The molecule has 3 N–H and O–H groups in total. The molecule has 0 aliphatic carbocycles.